The van der Waals surface area contributed by atoms with E-state index in [1.54, 1.807) is 6.92 Å². The van der Waals surface area contributed by atoms with E-state index in [1.165, 1.54) is 22.3 Å². The number of amides is 1. The van der Waals surface area contributed by atoms with Crippen LogP contribution in [0.15, 0.2) is 12.1 Å². The second-order valence-electron chi connectivity index (χ2n) is 4.38. The second kappa shape index (κ2) is 5.12. The molecular weight excluding hydrogens is 200 g/mol. The third kappa shape index (κ3) is 3.07. The third-order valence-corrected chi connectivity index (χ3v) is 2.85. The lowest BCUT2D eigenvalue weighted by molar-refractivity contribution is -0.119. The Balaban J connectivity index is 2.78. The van der Waals surface area contributed by atoms with Gasteiger partial charge < -0.3 is 11.1 Å². The van der Waals surface area contributed by atoms with Crippen LogP contribution in [0.3, 0.4) is 0 Å². The van der Waals surface area contributed by atoms with Gasteiger partial charge in [0.25, 0.3) is 0 Å². The summed E-state index contributed by atoms with van der Waals surface area (Å²) in [4.78, 5) is 10.9. The van der Waals surface area contributed by atoms with E-state index in [9.17, 15) is 4.79 Å². The smallest absolute Gasteiger partial charge is 0.234 e. The van der Waals surface area contributed by atoms with Crippen molar-refractivity contribution in [3.63, 3.8) is 0 Å². The van der Waals surface area contributed by atoms with Crippen molar-refractivity contribution in [2.24, 2.45) is 5.73 Å². The summed E-state index contributed by atoms with van der Waals surface area (Å²) in [6.45, 7) is 8.73. The zero-order valence-electron chi connectivity index (χ0n) is 10.4. The number of hydrogen-bond donors (Lipinski definition) is 2. The van der Waals surface area contributed by atoms with Gasteiger partial charge in [0.15, 0.2) is 0 Å². The molecule has 1 aromatic rings. The van der Waals surface area contributed by atoms with Crippen molar-refractivity contribution in [1.29, 1.82) is 0 Å². The molecule has 0 radical (unpaired) electrons. The van der Waals surface area contributed by atoms with Crippen molar-refractivity contribution in [2.75, 3.05) is 0 Å². The Morgan fingerprint density at radius 3 is 2.25 bits per heavy atom. The molecule has 0 heterocycles. The quantitative estimate of drug-likeness (QED) is 0.809. The fraction of sp³-hybridized carbons (Fsp3) is 0.462. The first-order valence-electron chi connectivity index (χ1n) is 5.51. The van der Waals surface area contributed by atoms with E-state index in [4.69, 9.17) is 5.73 Å². The number of benzene rings is 1. The number of carbonyl (C=O) groups excluding carboxylic acids is 1. The number of nitrogens with one attached hydrogen (secondary N) is 1. The summed E-state index contributed by atoms with van der Waals surface area (Å²) >= 11 is 0. The van der Waals surface area contributed by atoms with Crippen LogP contribution in [0.25, 0.3) is 0 Å². The minimum Gasteiger partial charge on any atom is -0.368 e. The van der Waals surface area contributed by atoms with Crippen LogP contribution in [-0.2, 0) is 11.3 Å². The summed E-state index contributed by atoms with van der Waals surface area (Å²) in [5.74, 6) is -0.317. The van der Waals surface area contributed by atoms with Gasteiger partial charge in [-0.05, 0) is 44.4 Å². The molecule has 88 valence electrons. The molecule has 0 fully saturated rings. The molecule has 0 aromatic heterocycles. The molecule has 3 nitrogen and oxygen atoms in total. The lowest BCUT2D eigenvalue weighted by Crippen LogP contribution is -2.38. The second-order valence-corrected chi connectivity index (χ2v) is 4.38. The van der Waals surface area contributed by atoms with Gasteiger partial charge in [0, 0.05) is 6.54 Å². The summed E-state index contributed by atoms with van der Waals surface area (Å²) in [5.41, 5.74) is 10.2. The van der Waals surface area contributed by atoms with Gasteiger partial charge in [0.1, 0.15) is 0 Å². The molecule has 1 unspecified atom stereocenters. The molecule has 0 saturated heterocycles. The van der Waals surface area contributed by atoms with Crippen LogP contribution in [0.4, 0.5) is 0 Å². The number of aryl methyl sites for hydroxylation is 3. The lowest BCUT2D eigenvalue weighted by Gasteiger charge is -2.14. The highest BCUT2D eigenvalue weighted by atomic mass is 16.1. The van der Waals surface area contributed by atoms with E-state index in [-0.39, 0.29) is 11.9 Å². The van der Waals surface area contributed by atoms with Crippen molar-refractivity contribution < 1.29 is 4.79 Å². The summed E-state index contributed by atoms with van der Waals surface area (Å²) in [6.07, 6.45) is 0. The Hall–Kier alpha value is -1.35. The van der Waals surface area contributed by atoms with Crippen LogP contribution in [0.1, 0.15) is 29.2 Å². The zero-order chi connectivity index (χ0) is 12.3. The number of carbonyl (C=O) groups is 1. The van der Waals surface area contributed by atoms with Crippen molar-refractivity contribution in [2.45, 2.75) is 40.3 Å². The fourth-order valence-corrected chi connectivity index (χ4v) is 1.84. The van der Waals surface area contributed by atoms with Crippen LogP contribution < -0.4 is 11.1 Å². The average molecular weight is 220 g/mol. The predicted molar refractivity (Wildman–Crippen MR) is 66.1 cm³/mol. The summed E-state index contributed by atoms with van der Waals surface area (Å²) in [6, 6.07) is 4.01. The molecule has 0 aliphatic rings. The minimum atomic E-state index is -0.317. The van der Waals surface area contributed by atoms with Crippen LogP contribution in [-0.4, -0.2) is 11.9 Å². The molecule has 1 aromatic carbocycles. The van der Waals surface area contributed by atoms with Crippen LogP contribution in [0.5, 0.6) is 0 Å². The zero-order valence-corrected chi connectivity index (χ0v) is 10.4. The maximum Gasteiger partial charge on any atom is 0.234 e. The van der Waals surface area contributed by atoms with Crippen molar-refractivity contribution in [3.05, 3.63) is 34.4 Å². The van der Waals surface area contributed by atoms with E-state index in [0.717, 1.165) is 0 Å². The summed E-state index contributed by atoms with van der Waals surface area (Å²) in [5, 5.41) is 3.12. The summed E-state index contributed by atoms with van der Waals surface area (Å²) < 4.78 is 0. The van der Waals surface area contributed by atoms with Crippen LogP contribution >= 0.6 is 0 Å². The molecule has 1 amide bonds. The first-order chi connectivity index (χ1) is 7.41. The van der Waals surface area contributed by atoms with Crippen molar-refractivity contribution >= 4 is 5.91 Å². The molecule has 1 rings (SSSR count). The normalized spacial score (nSPS) is 12.5. The Bertz CT molecular complexity index is 376. The largest absolute Gasteiger partial charge is 0.368 e. The average Bonchev–Trinajstić information content (AvgIpc) is 2.15. The highest BCUT2D eigenvalue weighted by Gasteiger charge is 2.09. The Morgan fingerprint density at radius 2 is 1.81 bits per heavy atom. The van der Waals surface area contributed by atoms with Crippen LogP contribution in [0.2, 0.25) is 0 Å². The molecule has 0 saturated carbocycles. The number of nitrogens with two attached hydrogens (primary N) is 1. The summed E-state index contributed by atoms with van der Waals surface area (Å²) in [7, 11) is 0. The number of rotatable bonds is 4. The van der Waals surface area contributed by atoms with Crippen LogP contribution in [0, 0.1) is 20.8 Å². The topological polar surface area (TPSA) is 55.1 Å². The number of primary amides is 1. The minimum absolute atomic E-state index is 0.292. The predicted octanol–water partition coefficient (Wildman–Crippen LogP) is 1.58. The highest BCUT2D eigenvalue weighted by Crippen LogP contribution is 2.16. The third-order valence-electron chi connectivity index (χ3n) is 2.85. The van der Waals surface area contributed by atoms with Gasteiger partial charge in [0.05, 0.1) is 6.04 Å². The molecule has 16 heavy (non-hydrogen) atoms. The van der Waals surface area contributed by atoms with E-state index >= 15 is 0 Å². The molecule has 0 bridgehead atoms. The van der Waals surface area contributed by atoms with Crippen molar-refractivity contribution in [3.8, 4) is 0 Å². The maximum atomic E-state index is 10.9. The Morgan fingerprint density at radius 1 is 1.31 bits per heavy atom. The first kappa shape index (κ1) is 12.7. The van der Waals surface area contributed by atoms with Gasteiger partial charge in [0.2, 0.25) is 5.91 Å². The Labute approximate surface area is 97.0 Å². The first-order valence-corrected chi connectivity index (χ1v) is 5.51. The molecule has 0 aliphatic carbocycles. The number of hydrogen-bond acceptors (Lipinski definition) is 2. The monoisotopic (exact) mass is 220 g/mol. The van der Waals surface area contributed by atoms with E-state index < -0.39 is 0 Å². The lowest BCUT2D eigenvalue weighted by atomic mass is 9.99. The van der Waals surface area contributed by atoms with Gasteiger partial charge >= 0.3 is 0 Å². The van der Waals surface area contributed by atoms with E-state index in [2.05, 4.69) is 38.2 Å². The highest BCUT2D eigenvalue weighted by molar-refractivity contribution is 5.79. The standard InChI is InChI=1S/C13H20N2O/c1-8-5-9(2)12(10(3)6-8)7-15-11(4)13(14)16/h5-6,11,15H,7H2,1-4H3,(H2,14,16). The molecule has 1 atom stereocenters. The van der Waals surface area contributed by atoms with Gasteiger partial charge in [-0.15, -0.1) is 0 Å². The van der Waals surface area contributed by atoms with Gasteiger partial charge in [-0.2, -0.15) is 0 Å². The Kier molecular flexibility index (Phi) is 4.07. The van der Waals surface area contributed by atoms with Gasteiger partial charge in [-0.25, -0.2) is 0 Å². The van der Waals surface area contributed by atoms with Crippen molar-refractivity contribution in [1.82, 2.24) is 5.32 Å². The van der Waals surface area contributed by atoms with Gasteiger partial charge in [-0.3, -0.25) is 4.79 Å². The van der Waals surface area contributed by atoms with E-state index in [0.29, 0.717) is 6.54 Å². The molecule has 3 N–H and O–H groups in total. The van der Waals surface area contributed by atoms with Gasteiger partial charge in [-0.1, -0.05) is 17.7 Å². The maximum absolute atomic E-state index is 10.9. The SMILES string of the molecule is Cc1cc(C)c(CNC(C)C(N)=O)c(C)c1. The molecule has 0 spiro atoms. The molecular formula is C13H20N2O. The van der Waals surface area contributed by atoms with E-state index in [1.807, 2.05) is 0 Å². The molecule has 0 aliphatic heterocycles. The fourth-order valence-electron chi connectivity index (χ4n) is 1.84. The molecule has 3 heteroatoms.